The number of allylic oxidation sites excluding steroid dienone is 1. The zero-order chi connectivity index (χ0) is 21.1. The maximum atomic E-state index is 12.7. The second kappa shape index (κ2) is 8.15. The van der Waals surface area contributed by atoms with E-state index in [9.17, 15) is 25.0 Å². The highest BCUT2D eigenvalue weighted by atomic mass is 32.1. The van der Waals surface area contributed by atoms with Crippen LogP contribution < -0.4 is 4.80 Å². The molecule has 1 aromatic heterocycles. The summed E-state index contributed by atoms with van der Waals surface area (Å²) in [6.45, 7) is 6.17. The number of hydrogen-bond acceptors (Lipinski definition) is 6. The van der Waals surface area contributed by atoms with Gasteiger partial charge in [0.1, 0.15) is 0 Å². The van der Waals surface area contributed by atoms with Crippen LogP contribution in [0, 0.1) is 20.2 Å². The standard InChI is InChI=1S/C19H16N4O5S/c1-3-7-21-16-6-5-12(4-2)8-17(16)29-19(21)20-18(24)13-9-14(22(25)26)11-15(10-13)23(27)28/h3,5-6,8-11H,1,4,7H2,2H3. The molecule has 0 bridgehead atoms. The molecular weight excluding hydrogens is 396 g/mol. The van der Waals surface area contributed by atoms with Gasteiger partial charge in [-0.25, -0.2) is 0 Å². The number of fused-ring (bicyclic) bond motifs is 1. The van der Waals surface area contributed by atoms with E-state index in [0.717, 1.165) is 40.4 Å². The average Bonchev–Trinajstić information content (AvgIpc) is 3.03. The summed E-state index contributed by atoms with van der Waals surface area (Å²) in [5.74, 6) is -0.795. The first kappa shape index (κ1) is 20.1. The summed E-state index contributed by atoms with van der Waals surface area (Å²) < 4.78 is 2.73. The van der Waals surface area contributed by atoms with Gasteiger partial charge in [-0.15, -0.1) is 6.58 Å². The van der Waals surface area contributed by atoms with Crippen LogP contribution in [0.25, 0.3) is 10.2 Å². The number of nitrogens with zero attached hydrogens (tertiary/aromatic N) is 4. The monoisotopic (exact) mass is 412 g/mol. The van der Waals surface area contributed by atoms with Gasteiger partial charge in [0.15, 0.2) is 4.80 Å². The number of hydrogen-bond donors (Lipinski definition) is 0. The molecule has 0 spiro atoms. The van der Waals surface area contributed by atoms with Crippen molar-refractivity contribution >= 4 is 38.8 Å². The fourth-order valence-corrected chi connectivity index (χ4v) is 3.91. The lowest BCUT2D eigenvalue weighted by atomic mass is 10.1. The van der Waals surface area contributed by atoms with Crippen molar-refractivity contribution in [3.05, 3.63) is 85.2 Å². The summed E-state index contributed by atoms with van der Waals surface area (Å²) >= 11 is 1.30. The Labute approximate surface area is 168 Å². The largest absolute Gasteiger partial charge is 0.312 e. The molecule has 0 radical (unpaired) electrons. The summed E-state index contributed by atoms with van der Waals surface area (Å²) in [7, 11) is 0. The molecule has 148 valence electrons. The molecule has 0 saturated carbocycles. The highest BCUT2D eigenvalue weighted by Crippen LogP contribution is 2.24. The van der Waals surface area contributed by atoms with Crippen LogP contribution in [0.2, 0.25) is 0 Å². The van der Waals surface area contributed by atoms with Gasteiger partial charge >= 0.3 is 0 Å². The van der Waals surface area contributed by atoms with Gasteiger partial charge in [-0.3, -0.25) is 25.0 Å². The van der Waals surface area contributed by atoms with Crippen LogP contribution >= 0.6 is 11.3 Å². The highest BCUT2D eigenvalue weighted by molar-refractivity contribution is 7.16. The second-order valence-electron chi connectivity index (χ2n) is 6.11. The molecule has 1 heterocycles. The molecule has 0 aliphatic rings. The molecule has 0 aliphatic heterocycles. The first-order valence-corrected chi connectivity index (χ1v) is 9.41. The van der Waals surface area contributed by atoms with E-state index in [4.69, 9.17) is 0 Å². The van der Waals surface area contributed by atoms with Crippen LogP contribution in [0.4, 0.5) is 11.4 Å². The van der Waals surface area contributed by atoms with Gasteiger partial charge < -0.3 is 4.57 Å². The fraction of sp³-hybridized carbons (Fsp3) is 0.158. The van der Waals surface area contributed by atoms with Crippen molar-refractivity contribution in [3.63, 3.8) is 0 Å². The minimum absolute atomic E-state index is 0.220. The van der Waals surface area contributed by atoms with Crippen LogP contribution in [0.15, 0.2) is 54.0 Å². The third-order valence-electron chi connectivity index (χ3n) is 4.24. The lowest BCUT2D eigenvalue weighted by Gasteiger charge is -2.02. The van der Waals surface area contributed by atoms with E-state index in [2.05, 4.69) is 11.6 Å². The molecule has 0 unspecified atom stereocenters. The lowest BCUT2D eigenvalue weighted by Crippen LogP contribution is -2.16. The Morgan fingerprint density at radius 1 is 1.17 bits per heavy atom. The Kier molecular flexibility index (Phi) is 5.64. The normalized spacial score (nSPS) is 11.6. The minimum atomic E-state index is -0.795. The number of aryl methyl sites for hydroxylation is 1. The van der Waals surface area contributed by atoms with Crippen molar-refractivity contribution in [1.29, 1.82) is 0 Å². The van der Waals surface area contributed by atoms with Crippen molar-refractivity contribution in [1.82, 2.24) is 4.57 Å². The van der Waals surface area contributed by atoms with Crippen molar-refractivity contribution in [2.45, 2.75) is 19.9 Å². The molecule has 0 N–H and O–H groups in total. The zero-order valence-electron chi connectivity index (χ0n) is 15.4. The summed E-state index contributed by atoms with van der Waals surface area (Å²) in [5, 5.41) is 22.1. The SMILES string of the molecule is C=CCn1c(=NC(=O)c2cc([N+](=O)[O-])cc([N+](=O)[O-])c2)sc2cc(CC)ccc21. The third kappa shape index (κ3) is 4.11. The van der Waals surface area contributed by atoms with E-state index < -0.39 is 27.1 Å². The van der Waals surface area contributed by atoms with E-state index in [1.54, 1.807) is 10.6 Å². The topological polar surface area (TPSA) is 121 Å². The quantitative estimate of drug-likeness (QED) is 0.344. The number of aromatic nitrogens is 1. The lowest BCUT2D eigenvalue weighted by molar-refractivity contribution is -0.394. The van der Waals surface area contributed by atoms with E-state index in [0.29, 0.717) is 11.3 Å². The first-order chi connectivity index (χ1) is 13.8. The second-order valence-corrected chi connectivity index (χ2v) is 7.12. The Hall–Kier alpha value is -3.66. The van der Waals surface area contributed by atoms with Crippen LogP contribution in [0.3, 0.4) is 0 Å². The molecule has 3 aromatic rings. The molecule has 0 saturated heterocycles. The molecule has 0 fully saturated rings. The van der Waals surface area contributed by atoms with E-state index >= 15 is 0 Å². The van der Waals surface area contributed by atoms with Crippen LogP contribution in [0.5, 0.6) is 0 Å². The Morgan fingerprint density at radius 3 is 2.38 bits per heavy atom. The van der Waals surface area contributed by atoms with Crippen molar-refractivity contribution < 1.29 is 14.6 Å². The molecule has 3 rings (SSSR count). The smallest absolute Gasteiger partial charge is 0.280 e. The first-order valence-electron chi connectivity index (χ1n) is 8.60. The fourth-order valence-electron chi connectivity index (χ4n) is 2.81. The van der Waals surface area contributed by atoms with Gasteiger partial charge in [-0.05, 0) is 24.1 Å². The van der Waals surface area contributed by atoms with E-state index in [1.165, 1.54) is 11.3 Å². The average molecular weight is 412 g/mol. The number of thiazole rings is 1. The zero-order valence-corrected chi connectivity index (χ0v) is 16.2. The van der Waals surface area contributed by atoms with Gasteiger partial charge in [0.05, 0.1) is 31.7 Å². The predicted octanol–water partition coefficient (Wildman–Crippen LogP) is 4.01. The van der Waals surface area contributed by atoms with Crippen molar-refractivity contribution in [3.8, 4) is 0 Å². The molecular formula is C19H16N4O5S. The van der Waals surface area contributed by atoms with Crippen LogP contribution in [-0.2, 0) is 13.0 Å². The van der Waals surface area contributed by atoms with Crippen LogP contribution in [0.1, 0.15) is 22.8 Å². The highest BCUT2D eigenvalue weighted by Gasteiger charge is 2.20. The van der Waals surface area contributed by atoms with Gasteiger partial charge in [0.25, 0.3) is 17.3 Å². The number of non-ortho nitro benzene ring substituents is 2. The Morgan fingerprint density at radius 2 is 1.83 bits per heavy atom. The number of benzene rings is 2. The maximum absolute atomic E-state index is 12.7. The number of nitro benzene ring substituents is 2. The van der Waals surface area contributed by atoms with Gasteiger partial charge in [0, 0.05) is 18.7 Å². The van der Waals surface area contributed by atoms with Gasteiger partial charge in [-0.1, -0.05) is 30.4 Å². The third-order valence-corrected chi connectivity index (χ3v) is 5.28. The number of amides is 1. The van der Waals surface area contributed by atoms with Crippen molar-refractivity contribution in [2.24, 2.45) is 4.99 Å². The molecule has 2 aromatic carbocycles. The number of rotatable bonds is 6. The van der Waals surface area contributed by atoms with Crippen molar-refractivity contribution in [2.75, 3.05) is 0 Å². The summed E-state index contributed by atoms with van der Waals surface area (Å²) in [6, 6.07) is 8.72. The molecule has 29 heavy (non-hydrogen) atoms. The van der Waals surface area contributed by atoms with Gasteiger partial charge in [-0.2, -0.15) is 4.99 Å². The van der Waals surface area contributed by atoms with Crippen LogP contribution in [-0.4, -0.2) is 20.3 Å². The maximum Gasteiger partial charge on any atom is 0.280 e. The number of carbonyl (C=O) groups excluding carboxylic acids is 1. The molecule has 1 amide bonds. The Bertz CT molecular complexity index is 1190. The predicted molar refractivity (Wildman–Crippen MR) is 109 cm³/mol. The molecule has 0 atom stereocenters. The summed E-state index contributed by atoms with van der Waals surface area (Å²) in [6.07, 6.45) is 2.53. The minimum Gasteiger partial charge on any atom is -0.312 e. The molecule has 0 aliphatic carbocycles. The Balaban J connectivity index is 2.17. The molecule has 10 heteroatoms. The summed E-state index contributed by atoms with van der Waals surface area (Å²) in [5.41, 5.74) is 0.712. The molecule has 9 nitrogen and oxygen atoms in total. The van der Waals surface area contributed by atoms with E-state index in [-0.39, 0.29) is 5.56 Å². The van der Waals surface area contributed by atoms with E-state index in [1.807, 2.05) is 25.1 Å². The number of nitro groups is 2. The van der Waals surface area contributed by atoms with Gasteiger partial charge in [0.2, 0.25) is 0 Å². The number of carbonyl (C=O) groups is 1. The summed E-state index contributed by atoms with van der Waals surface area (Å²) in [4.78, 5) is 37.7.